The number of amides is 2. The molecule has 0 bridgehead atoms. The van der Waals surface area contributed by atoms with Crippen LogP contribution in [0.1, 0.15) is 90.6 Å². The second kappa shape index (κ2) is 10.7. The minimum Gasteiger partial charge on any atom is -0.364 e. The van der Waals surface area contributed by atoms with Gasteiger partial charge in [-0.2, -0.15) is 18.3 Å². The lowest BCUT2D eigenvalue weighted by molar-refractivity contribution is -0.144. The van der Waals surface area contributed by atoms with Crippen molar-refractivity contribution in [2.75, 3.05) is 0 Å². The Bertz CT molecular complexity index is 1390. The minimum absolute atomic E-state index is 0.0471. The van der Waals surface area contributed by atoms with Crippen LogP contribution in [-0.4, -0.2) is 43.5 Å². The zero-order chi connectivity index (χ0) is 28.7. The van der Waals surface area contributed by atoms with Gasteiger partial charge in [-0.3, -0.25) is 14.6 Å². The molecule has 0 spiro atoms. The topological polar surface area (TPSA) is 115 Å². The molecular weight excluding hydrogens is 535 g/mol. The number of primary amides is 1. The SMILES string of the molecule is NC(=O)c1ncccc1[C@@H](c1cn2ncc([C@H](NC(=O)CCC(F)(F)F)C3CC3)cc2n1)C1CCC(F)(F)CC1. The van der Waals surface area contributed by atoms with E-state index >= 15 is 0 Å². The number of hydrogen-bond donors (Lipinski definition) is 2. The number of carbonyl (C=O) groups is 2. The molecule has 2 amide bonds. The fourth-order valence-corrected chi connectivity index (χ4v) is 5.56. The van der Waals surface area contributed by atoms with Crippen molar-refractivity contribution in [1.29, 1.82) is 0 Å². The first-order chi connectivity index (χ1) is 18.9. The molecular formula is C27H29F5N6O2. The maximum Gasteiger partial charge on any atom is 0.389 e. The molecule has 5 rings (SSSR count). The Kier molecular flexibility index (Phi) is 7.49. The van der Waals surface area contributed by atoms with E-state index in [0.29, 0.717) is 22.5 Å². The fourth-order valence-electron chi connectivity index (χ4n) is 5.56. The number of halogens is 5. The Labute approximate surface area is 226 Å². The molecule has 2 aliphatic carbocycles. The van der Waals surface area contributed by atoms with Gasteiger partial charge in [0.05, 0.1) is 30.6 Å². The summed E-state index contributed by atoms with van der Waals surface area (Å²) < 4.78 is 67.3. The highest BCUT2D eigenvalue weighted by Gasteiger charge is 2.40. The summed E-state index contributed by atoms with van der Waals surface area (Å²) in [5.74, 6) is -4.89. The number of alkyl halides is 5. The molecule has 40 heavy (non-hydrogen) atoms. The number of aromatic nitrogens is 4. The molecule has 3 aromatic rings. The first-order valence-electron chi connectivity index (χ1n) is 13.2. The predicted molar refractivity (Wildman–Crippen MR) is 133 cm³/mol. The summed E-state index contributed by atoms with van der Waals surface area (Å²) >= 11 is 0. The molecule has 8 nitrogen and oxygen atoms in total. The monoisotopic (exact) mass is 564 g/mol. The van der Waals surface area contributed by atoms with Crippen LogP contribution < -0.4 is 11.1 Å². The van der Waals surface area contributed by atoms with Crippen molar-refractivity contribution in [2.24, 2.45) is 17.6 Å². The molecule has 2 saturated carbocycles. The summed E-state index contributed by atoms with van der Waals surface area (Å²) in [6, 6.07) is 4.57. The van der Waals surface area contributed by atoms with Crippen molar-refractivity contribution in [3.05, 3.63) is 59.3 Å². The van der Waals surface area contributed by atoms with E-state index in [-0.39, 0.29) is 43.2 Å². The summed E-state index contributed by atoms with van der Waals surface area (Å²) in [5, 5.41) is 7.14. The summed E-state index contributed by atoms with van der Waals surface area (Å²) in [7, 11) is 0. The number of fused-ring (bicyclic) bond motifs is 1. The van der Waals surface area contributed by atoms with Gasteiger partial charge in [0.2, 0.25) is 11.8 Å². The van der Waals surface area contributed by atoms with Crippen molar-refractivity contribution in [3.8, 4) is 0 Å². The van der Waals surface area contributed by atoms with Gasteiger partial charge in [0.1, 0.15) is 5.69 Å². The standard InChI is InChI=1S/C27H29F5N6O2/c28-26(29)8-5-15(6-9-26)22(18-2-1-11-34-24(18)25(33)40)19-14-38-20(36-19)12-17(13-35-38)23(16-3-4-16)37-21(39)7-10-27(30,31)32/h1-2,11-16,22-23H,3-10H2,(H2,33,40)(H,37,39)/t22-,23+/m0/s1. The summed E-state index contributed by atoms with van der Waals surface area (Å²) in [4.78, 5) is 33.4. The van der Waals surface area contributed by atoms with Gasteiger partial charge in [0, 0.05) is 31.4 Å². The molecule has 0 unspecified atom stereocenters. The Morgan fingerprint density at radius 3 is 2.52 bits per heavy atom. The van der Waals surface area contributed by atoms with Crippen LogP contribution in [0, 0.1) is 11.8 Å². The number of nitrogens with two attached hydrogens (primary N) is 1. The van der Waals surface area contributed by atoms with Crippen molar-refractivity contribution < 1.29 is 31.5 Å². The number of imidazole rings is 1. The van der Waals surface area contributed by atoms with E-state index < -0.39 is 48.7 Å². The van der Waals surface area contributed by atoms with Gasteiger partial charge in [-0.05, 0) is 60.8 Å². The minimum atomic E-state index is -4.42. The van der Waals surface area contributed by atoms with Gasteiger partial charge in [-0.25, -0.2) is 18.3 Å². The maximum atomic E-state index is 14.0. The highest BCUT2D eigenvalue weighted by atomic mass is 19.4. The molecule has 3 N–H and O–H groups in total. The van der Waals surface area contributed by atoms with Crippen molar-refractivity contribution in [2.45, 2.75) is 75.4 Å². The molecule has 0 aliphatic heterocycles. The van der Waals surface area contributed by atoms with Crippen LogP contribution in [0.25, 0.3) is 5.65 Å². The normalized spacial score (nSPS) is 19.3. The molecule has 0 radical (unpaired) electrons. The van der Waals surface area contributed by atoms with Crippen LogP contribution in [0.5, 0.6) is 0 Å². The van der Waals surface area contributed by atoms with Crippen molar-refractivity contribution in [1.82, 2.24) is 24.9 Å². The number of nitrogens with one attached hydrogen (secondary N) is 1. The predicted octanol–water partition coefficient (Wildman–Crippen LogP) is 5.09. The molecule has 2 aliphatic rings. The Morgan fingerprint density at radius 2 is 1.88 bits per heavy atom. The molecule has 13 heteroatoms. The number of nitrogens with zero attached hydrogens (tertiary/aromatic N) is 4. The van der Waals surface area contributed by atoms with Gasteiger partial charge in [-0.1, -0.05) is 6.07 Å². The summed E-state index contributed by atoms with van der Waals surface area (Å²) in [6.45, 7) is 0. The first-order valence-corrected chi connectivity index (χ1v) is 13.2. The van der Waals surface area contributed by atoms with E-state index in [1.165, 1.54) is 10.7 Å². The van der Waals surface area contributed by atoms with Crippen LogP contribution in [0.15, 0.2) is 36.8 Å². The summed E-state index contributed by atoms with van der Waals surface area (Å²) in [6.07, 6.45) is -0.139. The van der Waals surface area contributed by atoms with Crippen molar-refractivity contribution >= 4 is 17.5 Å². The Hall–Kier alpha value is -3.64. The van der Waals surface area contributed by atoms with Gasteiger partial charge in [0.25, 0.3) is 5.91 Å². The van der Waals surface area contributed by atoms with Crippen LogP contribution in [0.3, 0.4) is 0 Å². The van der Waals surface area contributed by atoms with Crippen LogP contribution in [0.2, 0.25) is 0 Å². The Morgan fingerprint density at radius 1 is 1.15 bits per heavy atom. The van der Waals surface area contributed by atoms with Crippen molar-refractivity contribution in [3.63, 3.8) is 0 Å². The third-order valence-corrected chi connectivity index (χ3v) is 7.72. The molecule has 0 aromatic carbocycles. The smallest absolute Gasteiger partial charge is 0.364 e. The van der Waals surface area contributed by atoms with Gasteiger partial charge in [0.15, 0.2) is 5.65 Å². The number of rotatable bonds is 9. The zero-order valence-electron chi connectivity index (χ0n) is 21.5. The molecule has 0 saturated heterocycles. The fraction of sp³-hybridized carbons (Fsp3) is 0.519. The lowest BCUT2D eigenvalue weighted by Gasteiger charge is -2.33. The van der Waals surface area contributed by atoms with E-state index in [0.717, 1.165) is 12.8 Å². The average molecular weight is 565 g/mol. The van der Waals surface area contributed by atoms with Gasteiger partial charge in [-0.15, -0.1) is 0 Å². The highest BCUT2D eigenvalue weighted by Crippen LogP contribution is 2.45. The third kappa shape index (κ3) is 6.39. The second-order valence-corrected chi connectivity index (χ2v) is 10.7. The zero-order valence-corrected chi connectivity index (χ0v) is 21.5. The molecule has 214 valence electrons. The van der Waals surface area contributed by atoms with Crippen LogP contribution in [-0.2, 0) is 4.79 Å². The van der Waals surface area contributed by atoms with E-state index in [1.807, 2.05) is 0 Å². The largest absolute Gasteiger partial charge is 0.389 e. The quantitative estimate of drug-likeness (QED) is 0.352. The second-order valence-electron chi connectivity index (χ2n) is 10.7. The number of hydrogen-bond acceptors (Lipinski definition) is 5. The number of pyridine rings is 1. The van der Waals surface area contributed by atoms with Gasteiger partial charge >= 0.3 is 6.18 Å². The lowest BCUT2D eigenvalue weighted by atomic mass is 9.74. The van der Waals surface area contributed by atoms with Gasteiger partial charge < -0.3 is 11.1 Å². The third-order valence-electron chi connectivity index (χ3n) is 7.72. The van der Waals surface area contributed by atoms with E-state index in [2.05, 4.69) is 15.4 Å². The first kappa shape index (κ1) is 27.9. The lowest BCUT2D eigenvalue weighted by Crippen LogP contribution is -2.30. The number of carbonyl (C=O) groups excluding carboxylic acids is 2. The maximum absolute atomic E-state index is 14.0. The van der Waals surface area contributed by atoms with Crippen LogP contribution in [0.4, 0.5) is 22.0 Å². The van der Waals surface area contributed by atoms with E-state index in [9.17, 15) is 31.5 Å². The molecule has 2 fully saturated rings. The van der Waals surface area contributed by atoms with E-state index in [4.69, 9.17) is 10.7 Å². The molecule has 3 aromatic heterocycles. The van der Waals surface area contributed by atoms with Crippen LogP contribution >= 0.6 is 0 Å². The molecule has 3 heterocycles. The summed E-state index contributed by atoms with van der Waals surface area (Å²) in [5.41, 5.74) is 7.68. The highest BCUT2D eigenvalue weighted by molar-refractivity contribution is 5.92. The Balaban J connectivity index is 1.47. The van der Waals surface area contributed by atoms with E-state index in [1.54, 1.807) is 30.6 Å². The average Bonchev–Trinajstić information content (AvgIpc) is 3.65. The molecule has 2 atom stereocenters.